The molecule has 1 heterocycles. The van der Waals surface area contributed by atoms with Gasteiger partial charge in [0.05, 0.1) is 12.5 Å². The molecule has 1 aromatic heterocycles. The summed E-state index contributed by atoms with van der Waals surface area (Å²) in [6.07, 6.45) is 1.71. The van der Waals surface area contributed by atoms with Crippen molar-refractivity contribution in [1.82, 2.24) is 4.98 Å². The zero-order valence-corrected chi connectivity index (χ0v) is 7.21. The van der Waals surface area contributed by atoms with E-state index in [4.69, 9.17) is 10.4 Å². The van der Waals surface area contributed by atoms with Gasteiger partial charge in [0.25, 0.3) is 0 Å². The fourth-order valence-electron chi connectivity index (χ4n) is 1.46. The van der Waals surface area contributed by atoms with E-state index in [0.29, 0.717) is 16.5 Å². The molecule has 2 aromatic rings. The monoisotopic (exact) mass is 190 g/mol. The molecule has 0 spiro atoms. The largest absolute Gasteiger partial charge is 0.505 e. The molecule has 3 nitrogen and oxygen atoms in total. The first-order valence-electron chi connectivity index (χ1n) is 4.08. The Bertz CT molecular complexity index is 525. The molecule has 2 N–H and O–H groups in total. The molecule has 0 radical (unpaired) electrons. The molecule has 2 rings (SSSR count). The number of benzene rings is 1. The van der Waals surface area contributed by atoms with E-state index in [1.807, 2.05) is 6.07 Å². The van der Waals surface area contributed by atoms with Crippen molar-refractivity contribution in [2.75, 3.05) is 0 Å². The minimum atomic E-state index is -0.672. The van der Waals surface area contributed by atoms with Crippen molar-refractivity contribution in [2.24, 2.45) is 0 Å². The van der Waals surface area contributed by atoms with E-state index in [1.165, 1.54) is 6.07 Å². The molecule has 0 aliphatic heterocycles. The van der Waals surface area contributed by atoms with Crippen LogP contribution in [0.2, 0.25) is 0 Å². The van der Waals surface area contributed by atoms with Crippen LogP contribution in [0.3, 0.4) is 0 Å². The summed E-state index contributed by atoms with van der Waals surface area (Å²) in [6.45, 7) is 0. The van der Waals surface area contributed by atoms with E-state index in [-0.39, 0.29) is 6.42 Å². The fourth-order valence-corrected chi connectivity index (χ4v) is 1.46. The first-order chi connectivity index (χ1) is 6.74. The number of halogens is 1. The Morgan fingerprint density at radius 3 is 3.00 bits per heavy atom. The van der Waals surface area contributed by atoms with E-state index in [9.17, 15) is 4.39 Å². The average molecular weight is 190 g/mol. The van der Waals surface area contributed by atoms with Gasteiger partial charge in [-0.1, -0.05) is 0 Å². The second kappa shape index (κ2) is 3.04. The van der Waals surface area contributed by atoms with Crippen LogP contribution in [0, 0.1) is 17.1 Å². The molecule has 0 aliphatic rings. The molecule has 4 heteroatoms. The number of phenolic OH excluding ortho intramolecular Hbond substituents is 1. The van der Waals surface area contributed by atoms with Crippen LogP contribution in [0.5, 0.6) is 5.75 Å². The number of aromatic hydroxyl groups is 1. The van der Waals surface area contributed by atoms with Crippen LogP contribution in [0.15, 0.2) is 18.3 Å². The normalized spacial score (nSPS) is 10.3. The second-order valence-electron chi connectivity index (χ2n) is 2.97. The van der Waals surface area contributed by atoms with Gasteiger partial charge in [-0.3, -0.25) is 0 Å². The number of aromatic nitrogens is 1. The highest BCUT2D eigenvalue weighted by Gasteiger charge is 2.11. The smallest absolute Gasteiger partial charge is 0.174 e. The lowest BCUT2D eigenvalue weighted by Gasteiger charge is -1.97. The minimum absolute atomic E-state index is 0.125. The van der Waals surface area contributed by atoms with Gasteiger partial charge in [-0.25, -0.2) is 4.39 Å². The van der Waals surface area contributed by atoms with Crippen LogP contribution in [0.1, 0.15) is 5.56 Å². The third-order valence-electron chi connectivity index (χ3n) is 2.11. The van der Waals surface area contributed by atoms with Gasteiger partial charge < -0.3 is 10.1 Å². The lowest BCUT2D eigenvalue weighted by atomic mass is 10.1. The van der Waals surface area contributed by atoms with Gasteiger partial charge in [-0.15, -0.1) is 0 Å². The van der Waals surface area contributed by atoms with Crippen LogP contribution in [0.4, 0.5) is 4.39 Å². The number of nitrogens with one attached hydrogen (secondary N) is 1. The molecule has 0 bridgehead atoms. The SMILES string of the molecule is N#CCc1c[nH]c2ccc(O)c(F)c12. The first-order valence-corrected chi connectivity index (χ1v) is 4.08. The van der Waals surface area contributed by atoms with Crippen LogP contribution in [-0.4, -0.2) is 10.1 Å². The van der Waals surface area contributed by atoms with E-state index in [1.54, 1.807) is 12.3 Å². The maximum Gasteiger partial charge on any atom is 0.174 e. The summed E-state index contributed by atoms with van der Waals surface area (Å²) >= 11 is 0. The summed E-state index contributed by atoms with van der Waals surface area (Å²) in [5.41, 5.74) is 1.15. The third kappa shape index (κ3) is 1.11. The number of hydrogen-bond donors (Lipinski definition) is 2. The Morgan fingerprint density at radius 2 is 2.29 bits per heavy atom. The number of aromatic amines is 1. The number of H-pyrrole nitrogens is 1. The van der Waals surface area contributed by atoms with Gasteiger partial charge in [0.1, 0.15) is 0 Å². The van der Waals surface area contributed by atoms with E-state index in [0.717, 1.165) is 0 Å². The topological polar surface area (TPSA) is 59.8 Å². The minimum Gasteiger partial charge on any atom is -0.505 e. The summed E-state index contributed by atoms with van der Waals surface area (Å²) in [5, 5.41) is 18.0. The van der Waals surface area contributed by atoms with Gasteiger partial charge in [-0.2, -0.15) is 5.26 Å². The van der Waals surface area contributed by atoms with Crippen LogP contribution in [0.25, 0.3) is 10.9 Å². The summed E-state index contributed by atoms with van der Waals surface area (Å²) in [5.74, 6) is -1.06. The number of nitriles is 1. The zero-order chi connectivity index (χ0) is 10.1. The highest BCUT2D eigenvalue weighted by Crippen LogP contribution is 2.27. The van der Waals surface area contributed by atoms with Crippen LogP contribution >= 0.6 is 0 Å². The van der Waals surface area contributed by atoms with Gasteiger partial charge >= 0.3 is 0 Å². The van der Waals surface area contributed by atoms with Crippen LogP contribution < -0.4 is 0 Å². The summed E-state index contributed by atoms with van der Waals surface area (Å²) < 4.78 is 13.4. The first kappa shape index (κ1) is 8.57. The van der Waals surface area contributed by atoms with Gasteiger partial charge in [-0.05, 0) is 17.7 Å². The van der Waals surface area contributed by atoms with Crippen molar-refractivity contribution >= 4 is 10.9 Å². The molecule has 0 saturated heterocycles. The Labute approximate surface area is 79.4 Å². The predicted molar refractivity (Wildman–Crippen MR) is 49.2 cm³/mol. The maximum atomic E-state index is 13.4. The Morgan fingerprint density at radius 1 is 1.50 bits per heavy atom. The second-order valence-corrected chi connectivity index (χ2v) is 2.97. The molecule has 0 fully saturated rings. The molecule has 0 amide bonds. The number of rotatable bonds is 1. The summed E-state index contributed by atoms with van der Waals surface area (Å²) in [7, 11) is 0. The van der Waals surface area contributed by atoms with Crippen molar-refractivity contribution < 1.29 is 9.50 Å². The molecular weight excluding hydrogens is 183 g/mol. The number of nitrogens with zero attached hydrogens (tertiary/aromatic N) is 1. The summed E-state index contributed by atoms with van der Waals surface area (Å²) in [4.78, 5) is 2.84. The lowest BCUT2D eigenvalue weighted by molar-refractivity contribution is 0.436. The van der Waals surface area contributed by atoms with Crippen LogP contribution in [-0.2, 0) is 6.42 Å². The Balaban J connectivity index is 2.77. The van der Waals surface area contributed by atoms with Gasteiger partial charge in [0.15, 0.2) is 11.6 Å². The van der Waals surface area contributed by atoms with Gasteiger partial charge in [0, 0.05) is 17.1 Å². The standard InChI is InChI=1S/C10H7FN2O/c11-10-8(14)2-1-7-9(10)6(3-4-12)5-13-7/h1-2,5,13-14H,3H2. The van der Waals surface area contributed by atoms with Crippen molar-refractivity contribution in [1.29, 1.82) is 5.26 Å². The Hall–Kier alpha value is -2.02. The zero-order valence-electron chi connectivity index (χ0n) is 7.21. The fraction of sp³-hybridized carbons (Fsp3) is 0.100. The predicted octanol–water partition coefficient (Wildman–Crippen LogP) is 2.08. The van der Waals surface area contributed by atoms with Gasteiger partial charge in [0.2, 0.25) is 0 Å². The molecule has 0 unspecified atom stereocenters. The number of fused-ring (bicyclic) bond motifs is 1. The number of hydrogen-bond acceptors (Lipinski definition) is 2. The molecule has 14 heavy (non-hydrogen) atoms. The number of phenols is 1. The molecule has 0 atom stereocenters. The van der Waals surface area contributed by atoms with Crippen molar-refractivity contribution in [2.45, 2.75) is 6.42 Å². The lowest BCUT2D eigenvalue weighted by Crippen LogP contribution is -1.83. The average Bonchev–Trinajstić information content (AvgIpc) is 2.57. The van der Waals surface area contributed by atoms with E-state index < -0.39 is 11.6 Å². The molecule has 0 saturated carbocycles. The highest BCUT2D eigenvalue weighted by molar-refractivity contribution is 5.85. The molecule has 1 aromatic carbocycles. The Kier molecular flexibility index (Phi) is 1.86. The summed E-state index contributed by atoms with van der Waals surface area (Å²) in [6, 6.07) is 4.80. The highest BCUT2D eigenvalue weighted by atomic mass is 19.1. The third-order valence-corrected chi connectivity index (χ3v) is 2.11. The van der Waals surface area contributed by atoms with E-state index >= 15 is 0 Å². The van der Waals surface area contributed by atoms with Crippen molar-refractivity contribution in [3.8, 4) is 11.8 Å². The van der Waals surface area contributed by atoms with Crippen molar-refractivity contribution in [3.05, 3.63) is 29.7 Å². The van der Waals surface area contributed by atoms with Crippen molar-refractivity contribution in [3.63, 3.8) is 0 Å². The van der Waals surface area contributed by atoms with E-state index in [2.05, 4.69) is 4.98 Å². The molecule has 0 aliphatic carbocycles. The molecular formula is C10H7FN2O. The maximum absolute atomic E-state index is 13.4. The molecule has 70 valence electrons. The quantitative estimate of drug-likeness (QED) is 0.723.